The fraction of sp³-hybridized carbons (Fsp3) is 1.00. The van der Waals surface area contributed by atoms with Crippen LogP contribution in [-0.4, -0.2) is 68.3 Å². The van der Waals surface area contributed by atoms with Gasteiger partial charge in [-0.25, -0.2) is 0 Å². The maximum Gasteiger partial charge on any atom is 0.0829 e. The van der Waals surface area contributed by atoms with E-state index < -0.39 is 0 Å². The summed E-state index contributed by atoms with van der Waals surface area (Å²) in [7, 11) is 0. The van der Waals surface area contributed by atoms with Crippen LogP contribution in [0.15, 0.2) is 0 Å². The minimum Gasteiger partial charge on any atom is -0.374 e. The normalized spacial score (nSPS) is 33.4. The molecule has 0 aromatic heterocycles. The summed E-state index contributed by atoms with van der Waals surface area (Å²) in [6.07, 6.45) is 1.67. The summed E-state index contributed by atoms with van der Waals surface area (Å²) in [6.45, 7) is 10.8. The lowest BCUT2D eigenvalue weighted by Crippen LogP contribution is -2.47. The van der Waals surface area contributed by atoms with Gasteiger partial charge in [-0.3, -0.25) is 4.90 Å². The number of ether oxygens (including phenoxy) is 1. The summed E-state index contributed by atoms with van der Waals surface area (Å²) in [4.78, 5) is 4.99. The van der Waals surface area contributed by atoms with Crippen LogP contribution >= 0.6 is 0 Å². The van der Waals surface area contributed by atoms with Gasteiger partial charge in [0.25, 0.3) is 0 Å². The van der Waals surface area contributed by atoms with Gasteiger partial charge in [-0.1, -0.05) is 6.92 Å². The van der Waals surface area contributed by atoms with Gasteiger partial charge in [0, 0.05) is 26.2 Å². The molecule has 2 rings (SSSR count). The van der Waals surface area contributed by atoms with Crippen LogP contribution in [0.5, 0.6) is 0 Å². The Hall–Kier alpha value is -0.160. The van der Waals surface area contributed by atoms with Gasteiger partial charge in [-0.15, -0.1) is 0 Å². The number of morpholine rings is 1. The Morgan fingerprint density at radius 3 is 2.81 bits per heavy atom. The summed E-state index contributed by atoms with van der Waals surface area (Å²) < 4.78 is 5.83. The molecule has 2 aliphatic heterocycles. The lowest BCUT2D eigenvalue weighted by Gasteiger charge is -2.34. The number of likely N-dealkylation sites (N-methyl/N-ethyl adjacent to an activating group) is 1. The molecule has 0 radical (unpaired) electrons. The first-order chi connectivity index (χ1) is 7.81. The minimum absolute atomic E-state index is 0.408. The van der Waals surface area contributed by atoms with E-state index in [1.807, 2.05) is 0 Å². The van der Waals surface area contributed by atoms with Crippen LogP contribution in [0.2, 0.25) is 0 Å². The molecule has 2 saturated heterocycles. The van der Waals surface area contributed by atoms with E-state index in [-0.39, 0.29) is 0 Å². The zero-order valence-corrected chi connectivity index (χ0v) is 10.4. The maximum atomic E-state index is 5.83. The molecule has 0 bridgehead atoms. The number of hydrogen-bond acceptors (Lipinski definition) is 4. The fourth-order valence-corrected chi connectivity index (χ4v) is 2.74. The third kappa shape index (κ3) is 3.17. The van der Waals surface area contributed by atoms with Crippen molar-refractivity contribution in [1.82, 2.24) is 9.80 Å². The van der Waals surface area contributed by atoms with Crippen LogP contribution in [0.25, 0.3) is 0 Å². The molecule has 2 unspecified atom stereocenters. The van der Waals surface area contributed by atoms with Crippen molar-refractivity contribution in [3.05, 3.63) is 0 Å². The van der Waals surface area contributed by atoms with Crippen LogP contribution in [0.4, 0.5) is 0 Å². The zero-order valence-electron chi connectivity index (χ0n) is 10.4. The summed E-state index contributed by atoms with van der Waals surface area (Å²) in [5.74, 6) is 0.714. The Kier molecular flexibility index (Phi) is 4.58. The summed E-state index contributed by atoms with van der Waals surface area (Å²) in [6, 6.07) is 0. The molecular weight excluding hydrogens is 202 g/mol. The average molecular weight is 227 g/mol. The standard InChI is InChI=1S/C12H25N3O/c1-2-14-5-6-16-12(9-14)10-15-4-3-11(7-13)8-15/h11-12H,2-10,13H2,1H3. The Morgan fingerprint density at radius 1 is 1.25 bits per heavy atom. The first kappa shape index (κ1) is 12.3. The van der Waals surface area contributed by atoms with E-state index in [9.17, 15) is 0 Å². The molecule has 2 N–H and O–H groups in total. The highest BCUT2D eigenvalue weighted by molar-refractivity contribution is 4.80. The van der Waals surface area contributed by atoms with Gasteiger partial charge in [-0.2, -0.15) is 0 Å². The van der Waals surface area contributed by atoms with Crippen molar-refractivity contribution in [3.8, 4) is 0 Å². The highest BCUT2D eigenvalue weighted by Gasteiger charge is 2.26. The topological polar surface area (TPSA) is 41.7 Å². The van der Waals surface area contributed by atoms with Crippen molar-refractivity contribution >= 4 is 0 Å². The molecule has 4 heteroatoms. The second-order valence-electron chi connectivity index (χ2n) is 5.04. The van der Waals surface area contributed by atoms with Crippen LogP contribution in [0.3, 0.4) is 0 Å². The third-order valence-electron chi connectivity index (χ3n) is 3.84. The van der Waals surface area contributed by atoms with Crippen LogP contribution in [0.1, 0.15) is 13.3 Å². The number of rotatable bonds is 4. The SMILES string of the molecule is CCN1CCOC(CN2CCC(CN)C2)C1. The molecule has 0 spiro atoms. The highest BCUT2D eigenvalue weighted by Crippen LogP contribution is 2.16. The molecule has 0 aromatic rings. The molecule has 16 heavy (non-hydrogen) atoms. The number of likely N-dealkylation sites (tertiary alicyclic amines) is 1. The number of nitrogens with two attached hydrogens (primary N) is 1. The van der Waals surface area contributed by atoms with E-state index in [4.69, 9.17) is 10.5 Å². The van der Waals surface area contributed by atoms with Gasteiger partial charge < -0.3 is 15.4 Å². The van der Waals surface area contributed by atoms with Crippen molar-refractivity contribution in [2.45, 2.75) is 19.4 Å². The molecule has 4 nitrogen and oxygen atoms in total. The van der Waals surface area contributed by atoms with Gasteiger partial charge in [-0.05, 0) is 32.0 Å². The molecule has 0 aromatic carbocycles. The van der Waals surface area contributed by atoms with Gasteiger partial charge >= 0.3 is 0 Å². The molecule has 94 valence electrons. The monoisotopic (exact) mass is 227 g/mol. The Morgan fingerprint density at radius 2 is 2.12 bits per heavy atom. The van der Waals surface area contributed by atoms with Crippen LogP contribution in [-0.2, 0) is 4.74 Å². The molecule has 0 saturated carbocycles. The minimum atomic E-state index is 0.408. The Labute approximate surface area is 98.7 Å². The smallest absolute Gasteiger partial charge is 0.0829 e. The lowest BCUT2D eigenvalue weighted by molar-refractivity contribution is -0.0395. The van der Waals surface area contributed by atoms with E-state index in [1.54, 1.807) is 0 Å². The van der Waals surface area contributed by atoms with E-state index in [2.05, 4.69) is 16.7 Å². The molecule has 0 amide bonds. The highest BCUT2D eigenvalue weighted by atomic mass is 16.5. The fourth-order valence-electron chi connectivity index (χ4n) is 2.74. The summed E-state index contributed by atoms with van der Waals surface area (Å²) in [5, 5.41) is 0. The van der Waals surface area contributed by atoms with Crippen molar-refractivity contribution in [1.29, 1.82) is 0 Å². The van der Waals surface area contributed by atoms with Crippen molar-refractivity contribution in [2.24, 2.45) is 11.7 Å². The lowest BCUT2D eigenvalue weighted by atomic mass is 10.1. The first-order valence-electron chi connectivity index (χ1n) is 6.58. The summed E-state index contributed by atoms with van der Waals surface area (Å²) >= 11 is 0. The summed E-state index contributed by atoms with van der Waals surface area (Å²) in [5.41, 5.74) is 5.71. The van der Waals surface area contributed by atoms with E-state index >= 15 is 0 Å². The first-order valence-corrected chi connectivity index (χ1v) is 6.58. The predicted molar refractivity (Wildman–Crippen MR) is 65.5 cm³/mol. The number of hydrogen-bond donors (Lipinski definition) is 1. The van der Waals surface area contributed by atoms with Gasteiger partial charge in [0.1, 0.15) is 0 Å². The van der Waals surface area contributed by atoms with Gasteiger partial charge in [0.2, 0.25) is 0 Å². The average Bonchev–Trinajstić information content (AvgIpc) is 2.77. The second kappa shape index (κ2) is 5.96. The predicted octanol–water partition coefficient (Wildman–Crippen LogP) is -0.0123. The van der Waals surface area contributed by atoms with E-state index in [0.717, 1.165) is 39.3 Å². The van der Waals surface area contributed by atoms with Crippen molar-refractivity contribution < 1.29 is 4.74 Å². The largest absolute Gasteiger partial charge is 0.374 e. The van der Waals surface area contributed by atoms with Gasteiger partial charge in [0.15, 0.2) is 0 Å². The number of nitrogens with zero attached hydrogens (tertiary/aromatic N) is 2. The molecule has 2 fully saturated rings. The Bertz CT molecular complexity index is 212. The van der Waals surface area contributed by atoms with Crippen molar-refractivity contribution in [3.63, 3.8) is 0 Å². The van der Waals surface area contributed by atoms with Crippen molar-refractivity contribution in [2.75, 3.05) is 52.4 Å². The van der Waals surface area contributed by atoms with E-state index in [0.29, 0.717) is 12.0 Å². The zero-order chi connectivity index (χ0) is 11.4. The second-order valence-corrected chi connectivity index (χ2v) is 5.04. The molecule has 2 aliphatic rings. The molecule has 2 atom stereocenters. The van der Waals surface area contributed by atoms with E-state index in [1.165, 1.54) is 19.5 Å². The molecular formula is C12H25N3O. The molecule has 2 heterocycles. The Balaban J connectivity index is 1.73. The maximum absolute atomic E-state index is 5.83. The van der Waals surface area contributed by atoms with Crippen LogP contribution < -0.4 is 5.73 Å². The quantitative estimate of drug-likeness (QED) is 0.733. The molecule has 0 aliphatic carbocycles. The third-order valence-corrected chi connectivity index (χ3v) is 3.84. The van der Waals surface area contributed by atoms with Crippen LogP contribution in [0, 0.1) is 5.92 Å². The van der Waals surface area contributed by atoms with Gasteiger partial charge in [0.05, 0.1) is 12.7 Å².